The molecule has 21 heavy (non-hydrogen) atoms. The lowest BCUT2D eigenvalue weighted by molar-refractivity contribution is -0.274. The molecule has 0 heterocycles. The van der Waals surface area contributed by atoms with Gasteiger partial charge in [0, 0.05) is 6.04 Å². The van der Waals surface area contributed by atoms with Crippen molar-refractivity contribution in [3.63, 3.8) is 0 Å². The number of nitrogens with one attached hydrogen (secondary N) is 1. The second-order valence-corrected chi connectivity index (χ2v) is 5.58. The molecule has 1 unspecified atom stereocenters. The van der Waals surface area contributed by atoms with Crippen LogP contribution in [0.5, 0.6) is 5.75 Å². The molecule has 1 aliphatic carbocycles. The van der Waals surface area contributed by atoms with Gasteiger partial charge in [-0.05, 0) is 30.0 Å². The predicted octanol–water partition coefficient (Wildman–Crippen LogP) is 4.06. The van der Waals surface area contributed by atoms with E-state index in [1.807, 2.05) is 0 Å². The van der Waals surface area contributed by atoms with E-state index < -0.39 is 6.36 Å². The minimum atomic E-state index is -4.67. The summed E-state index contributed by atoms with van der Waals surface area (Å²) < 4.78 is 40.8. The van der Waals surface area contributed by atoms with Crippen molar-refractivity contribution in [2.75, 3.05) is 0 Å². The van der Waals surface area contributed by atoms with Gasteiger partial charge in [0.25, 0.3) is 0 Å². The molecular weight excluding hydrogens is 281 g/mol. The summed E-state index contributed by atoms with van der Waals surface area (Å²) in [4.78, 5) is 0. The Morgan fingerprint density at radius 3 is 2.57 bits per heavy atom. The molecule has 6 heteroatoms. The van der Waals surface area contributed by atoms with Crippen LogP contribution in [-0.2, 0) is 0 Å². The van der Waals surface area contributed by atoms with E-state index in [-0.39, 0.29) is 11.8 Å². The van der Waals surface area contributed by atoms with Gasteiger partial charge in [0.05, 0.1) is 0 Å². The Hall–Kier alpha value is -1.27. The summed E-state index contributed by atoms with van der Waals surface area (Å²) in [5, 5.41) is 0. The summed E-state index contributed by atoms with van der Waals surface area (Å²) >= 11 is 0. The lowest BCUT2D eigenvalue weighted by Crippen LogP contribution is -2.30. The van der Waals surface area contributed by atoms with Crippen molar-refractivity contribution in [2.24, 2.45) is 11.8 Å². The highest BCUT2D eigenvalue weighted by Gasteiger charge is 2.31. The Morgan fingerprint density at radius 1 is 1.24 bits per heavy atom. The van der Waals surface area contributed by atoms with E-state index in [0.29, 0.717) is 5.92 Å². The van der Waals surface area contributed by atoms with Gasteiger partial charge in [0.1, 0.15) is 5.75 Å². The van der Waals surface area contributed by atoms with Crippen molar-refractivity contribution in [2.45, 2.75) is 50.9 Å². The average Bonchev–Trinajstić information content (AvgIpc) is 2.44. The maximum absolute atomic E-state index is 12.3. The molecule has 1 aliphatic rings. The van der Waals surface area contributed by atoms with Crippen LogP contribution in [0.4, 0.5) is 13.2 Å². The fraction of sp³-hybridized carbons (Fsp3) is 0.600. The second-order valence-electron chi connectivity index (χ2n) is 5.58. The van der Waals surface area contributed by atoms with Crippen molar-refractivity contribution in [3.8, 4) is 5.75 Å². The SMILES string of the molecule is NNC(CC1CCCCC1)c1cccc(OC(F)(F)F)c1. The minimum Gasteiger partial charge on any atom is -0.406 e. The minimum absolute atomic E-state index is 0.148. The number of benzene rings is 1. The smallest absolute Gasteiger partial charge is 0.406 e. The molecule has 3 nitrogen and oxygen atoms in total. The molecule has 0 amide bonds. The molecule has 1 aromatic rings. The maximum atomic E-state index is 12.3. The van der Waals surface area contributed by atoms with Crippen LogP contribution in [0.15, 0.2) is 24.3 Å². The van der Waals surface area contributed by atoms with Gasteiger partial charge in [-0.3, -0.25) is 11.3 Å². The van der Waals surface area contributed by atoms with E-state index in [0.717, 1.165) is 24.8 Å². The largest absolute Gasteiger partial charge is 0.573 e. The summed E-state index contributed by atoms with van der Waals surface area (Å²) in [6, 6.07) is 5.88. The summed E-state index contributed by atoms with van der Waals surface area (Å²) in [5.74, 6) is 5.96. The van der Waals surface area contributed by atoms with Crippen LogP contribution < -0.4 is 16.0 Å². The molecule has 1 aromatic carbocycles. The lowest BCUT2D eigenvalue weighted by atomic mass is 9.83. The second kappa shape index (κ2) is 7.13. The molecular formula is C15H21F3N2O. The lowest BCUT2D eigenvalue weighted by Gasteiger charge is -2.26. The fourth-order valence-corrected chi connectivity index (χ4v) is 2.98. The van der Waals surface area contributed by atoms with Crippen molar-refractivity contribution < 1.29 is 17.9 Å². The maximum Gasteiger partial charge on any atom is 0.573 e. The van der Waals surface area contributed by atoms with Crippen molar-refractivity contribution in [1.29, 1.82) is 0 Å². The fourth-order valence-electron chi connectivity index (χ4n) is 2.98. The van der Waals surface area contributed by atoms with Crippen molar-refractivity contribution in [3.05, 3.63) is 29.8 Å². The molecule has 0 aromatic heterocycles. The zero-order valence-corrected chi connectivity index (χ0v) is 11.8. The average molecular weight is 302 g/mol. The Morgan fingerprint density at radius 2 is 1.95 bits per heavy atom. The van der Waals surface area contributed by atoms with Gasteiger partial charge in [0.15, 0.2) is 0 Å². The first-order valence-corrected chi connectivity index (χ1v) is 7.30. The first-order chi connectivity index (χ1) is 9.98. The first kappa shape index (κ1) is 16.1. The topological polar surface area (TPSA) is 47.3 Å². The highest BCUT2D eigenvalue weighted by molar-refractivity contribution is 5.30. The number of alkyl halides is 3. The molecule has 2 rings (SSSR count). The predicted molar refractivity (Wildman–Crippen MR) is 74.4 cm³/mol. The Kier molecular flexibility index (Phi) is 5.47. The van der Waals surface area contributed by atoms with Crippen LogP contribution in [0.25, 0.3) is 0 Å². The summed E-state index contributed by atoms with van der Waals surface area (Å²) in [6.45, 7) is 0. The number of halogens is 3. The molecule has 1 atom stereocenters. The molecule has 0 saturated heterocycles. The molecule has 0 spiro atoms. The quantitative estimate of drug-likeness (QED) is 0.637. The standard InChI is InChI=1S/C15H21F3N2O/c16-15(17,18)21-13-8-4-7-12(10-13)14(20-19)9-11-5-2-1-3-6-11/h4,7-8,10-11,14,20H,1-3,5-6,9,19H2. The van der Waals surface area contributed by atoms with E-state index in [9.17, 15) is 13.2 Å². The molecule has 0 aliphatic heterocycles. The third-order valence-electron chi connectivity index (χ3n) is 3.99. The molecule has 0 bridgehead atoms. The van der Waals surface area contributed by atoms with E-state index in [4.69, 9.17) is 5.84 Å². The van der Waals surface area contributed by atoms with Crippen molar-refractivity contribution in [1.82, 2.24) is 5.43 Å². The highest BCUT2D eigenvalue weighted by Crippen LogP contribution is 2.33. The molecule has 1 fully saturated rings. The third-order valence-corrected chi connectivity index (χ3v) is 3.99. The van der Waals surface area contributed by atoms with E-state index >= 15 is 0 Å². The molecule has 3 N–H and O–H groups in total. The van der Waals surface area contributed by atoms with Gasteiger partial charge < -0.3 is 4.74 Å². The summed E-state index contributed by atoms with van der Waals surface area (Å²) in [6.07, 6.45) is 2.21. The Bertz CT molecular complexity index is 445. The summed E-state index contributed by atoms with van der Waals surface area (Å²) in [7, 11) is 0. The number of nitrogens with two attached hydrogens (primary N) is 1. The van der Waals surface area contributed by atoms with E-state index in [1.54, 1.807) is 12.1 Å². The zero-order valence-electron chi connectivity index (χ0n) is 11.8. The van der Waals surface area contributed by atoms with E-state index in [1.165, 1.54) is 31.4 Å². The number of hydrogen-bond donors (Lipinski definition) is 2. The molecule has 1 saturated carbocycles. The van der Waals surface area contributed by atoms with Crippen LogP contribution >= 0.6 is 0 Å². The van der Waals surface area contributed by atoms with Crippen LogP contribution in [0.1, 0.15) is 50.1 Å². The van der Waals surface area contributed by atoms with Crippen molar-refractivity contribution >= 4 is 0 Å². The van der Waals surface area contributed by atoms with Crippen LogP contribution in [0.2, 0.25) is 0 Å². The Labute approximate surface area is 122 Å². The number of hydrazine groups is 1. The van der Waals surface area contributed by atoms with Gasteiger partial charge in [-0.25, -0.2) is 0 Å². The van der Waals surface area contributed by atoms with Crippen LogP contribution in [0, 0.1) is 5.92 Å². The van der Waals surface area contributed by atoms with Gasteiger partial charge in [-0.15, -0.1) is 13.2 Å². The zero-order chi connectivity index (χ0) is 15.3. The third kappa shape index (κ3) is 5.21. The number of rotatable bonds is 5. The van der Waals surface area contributed by atoms with Crippen LogP contribution in [0.3, 0.4) is 0 Å². The van der Waals surface area contributed by atoms with Gasteiger partial charge in [0.2, 0.25) is 0 Å². The Balaban J connectivity index is 2.04. The monoisotopic (exact) mass is 302 g/mol. The van der Waals surface area contributed by atoms with E-state index in [2.05, 4.69) is 10.2 Å². The highest BCUT2D eigenvalue weighted by atomic mass is 19.4. The van der Waals surface area contributed by atoms with Gasteiger partial charge >= 0.3 is 6.36 Å². The van der Waals surface area contributed by atoms with Crippen LogP contribution in [-0.4, -0.2) is 6.36 Å². The summed E-state index contributed by atoms with van der Waals surface area (Å²) in [5.41, 5.74) is 3.45. The number of ether oxygens (including phenoxy) is 1. The molecule has 0 radical (unpaired) electrons. The molecule has 118 valence electrons. The first-order valence-electron chi connectivity index (χ1n) is 7.30. The number of hydrogen-bond acceptors (Lipinski definition) is 3. The van der Waals surface area contributed by atoms with Gasteiger partial charge in [-0.1, -0.05) is 44.2 Å². The van der Waals surface area contributed by atoms with Gasteiger partial charge in [-0.2, -0.15) is 0 Å². The normalized spacial score (nSPS) is 18.5.